The van der Waals surface area contributed by atoms with Gasteiger partial charge in [0.2, 0.25) is 0 Å². The first-order chi connectivity index (χ1) is 8.31. The van der Waals surface area contributed by atoms with E-state index in [4.69, 9.17) is 0 Å². The van der Waals surface area contributed by atoms with Gasteiger partial charge in [0.25, 0.3) is 0 Å². The van der Waals surface area contributed by atoms with E-state index >= 15 is 0 Å². The summed E-state index contributed by atoms with van der Waals surface area (Å²) in [6.07, 6.45) is 2.72. The summed E-state index contributed by atoms with van der Waals surface area (Å²) in [6.45, 7) is 3.63. The Balaban J connectivity index is 1.88. The first-order valence-electron chi connectivity index (χ1n) is 6.22. The summed E-state index contributed by atoms with van der Waals surface area (Å²) < 4.78 is 1.15. The van der Waals surface area contributed by atoms with Gasteiger partial charge in [-0.1, -0.05) is 34.1 Å². The van der Waals surface area contributed by atoms with Crippen LogP contribution in [0.15, 0.2) is 40.9 Å². The van der Waals surface area contributed by atoms with Crippen molar-refractivity contribution >= 4 is 26.7 Å². The molecule has 2 aromatic carbocycles. The molecule has 17 heavy (non-hydrogen) atoms. The molecule has 1 aliphatic heterocycles. The Morgan fingerprint density at radius 3 is 2.47 bits per heavy atom. The van der Waals surface area contributed by atoms with Crippen molar-refractivity contribution < 1.29 is 0 Å². The molecule has 0 aliphatic carbocycles. The van der Waals surface area contributed by atoms with Crippen molar-refractivity contribution in [3.8, 4) is 0 Å². The van der Waals surface area contributed by atoms with Crippen LogP contribution in [0.4, 0.5) is 0 Å². The van der Waals surface area contributed by atoms with Crippen LogP contribution in [0.1, 0.15) is 18.4 Å². The highest BCUT2D eigenvalue weighted by Crippen LogP contribution is 2.22. The van der Waals surface area contributed by atoms with Crippen molar-refractivity contribution in [2.45, 2.75) is 19.4 Å². The van der Waals surface area contributed by atoms with E-state index in [9.17, 15) is 0 Å². The topological polar surface area (TPSA) is 3.24 Å². The summed E-state index contributed by atoms with van der Waals surface area (Å²) in [5, 5.41) is 2.65. The Kier molecular flexibility index (Phi) is 3.17. The first kappa shape index (κ1) is 11.2. The van der Waals surface area contributed by atoms with E-state index in [0.29, 0.717) is 0 Å². The van der Waals surface area contributed by atoms with Crippen molar-refractivity contribution in [2.24, 2.45) is 0 Å². The van der Waals surface area contributed by atoms with Crippen LogP contribution in [0, 0.1) is 0 Å². The van der Waals surface area contributed by atoms with E-state index in [2.05, 4.69) is 57.2 Å². The molecule has 3 rings (SSSR count). The van der Waals surface area contributed by atoms with Crippen LogP contribution in [-0.2, 0) is 6.54 Å². The SMILES string of the molecule is Brc1ccc2cc(CN3CCCC3)ccc2c1. The normalized spacial score (nSPS) is 16.8. The van der Waals surface area contributed by atoms with Gasteiger partial charge in [-0.05, 0) is 60.5 Å². The summed E-state index contributed by atoms with van der Waals surface area (Å²) in [5.41, 5.74) is 1.43. The number of hydrogen-bond donors (Lipinski definition) is 0. The maximum atomic E-state index is 3.51. The van der Waals surface area contributed by atoms with Gasteiger partial charge in [0, 0.05) is 11.0 Å². The zero-order valence-electron chi connectivity index (χ0n) is 9.82. The molecule has 1 fully saturated rings. The molecule has 0 N–H and O–H groups in total. The third kappa shape index (κ3) is 2.53. The van der Waals surface area contributed by atoms with Gasteiger partial charge < -0.3 is 0 Å². The molecule has 0 saturated carbocycles. The fourth-order valence-corrected chi connectivity index (χ4v) is 2.94. The van der Waals surface area contributed by atoms with Gasteiger partial charge in [-0.25, -0.2) is 0 Å². The molecular weight excluding hydrogens is 274 g/mol. The Hall–Kier alpha value is -0.860. The molecule has 0 atom stereocenters. The monoisotopic (exact) mass is 289 g/mol. The molecule has 1 heterocycles. The van der Waals surface area contributed by atoms with Gasteiger partial charge in [0.1, 0.15) is 0 Å². The van der Waals surface area contributed by atoms with Crippen molar-refractivity contribution in [3.63, 3.8) is 0 Å². The lowest BCUT2D eigenvalue weighted by Gasteiger charge is -2.14. The summed E-state index contributed by atoms with van der Waals surface area (Å²) in [4.78, 5) is 2.54. The molecule has 1 aliphatic rings. The van der Waals surface area contributed by atoms with Gasteiger partial charge in [-0.3, -0.25) is 4.90 Å². The Morgan fingerprint density at radius 2 is 1.65 bits per heavy atom. The molecule has 2 heteroatoms. The van der Waals surface area contributed by atoms with E-state index in [1.165, 1.54) is 42.3 Å². The van der Waals surface area contributed by atoms with Crippen LogP contribution in [0.2, 0.25) is 0 Å². The molecule has 2 aromatic rings. The van der Waals surface area contributed by atoms with Crippen LogP contribution in [0.5, 0.6) is 0 Å². The molecule has 0 bridgehead atoms. The van der Waals surface area contributed by atoms with Crippen molar-refractivity contribution in [3.05, 3.63) is 46.4 Å². The number of halogens is 1. The Labute approximate surface area is 111 Å². The summed E-state index contributed by atoms with van der Waals surface area (Å²) in [6, 6.07) is 13.3. The summed E-state index contributed by atoms with van der Waals surface area (Å²) in [7, 11) is 0. The fraction of sp³-hybridized carbons (Fsp3) is 0.333. The maximum Gasteiger partial charge on any atom is 0.0233 e. The Morgan fingerprint density at radius 1 is 0.941 bits per heavy atom. The molecule has 0 amide bonds. The number of nitrogens with zero attached hydrogens (tertiary/aromatic N) is 1. The standard InChI is InChI=1S/C15H16BrN/c16-15-6-5-13-9-12(3-4-14(13)10-15)11-17-7-1-2-8-17/h3-6,9-10H,1-2,7-8,11H2. The summed E-state index contributed by atoms with van der Waals surface area (Å²) >= 11 is 3.51. The second kappa shape index (κ2) is 4.79. The van der Waals surface area contributed by atoms with Crippen LogP contribution in [-0.4, -0.2) is 18.0 Å². The lowest BCUT2D eigenvalue weighted by Crippen LogP contribution is -2.18. The minimum absolute atomic E-state index is 1.10. The average Bonchev–Trinajstić information content (AvgIpc) is 2.82. The predicted octanol–water partition coefficient (Wildman–Crippen LogP) is 4.20. The number of hydrogen-bond acceptors (Lipinski definition) is 1. The molecule has 1 saturated heterocycles. The largest absolute Gasteiger partial charge is 0.299 e. The summed E-state index contributed by atoms with van der Waals surface area (Å²) in [5.74, 6) is 0. The highest BCUT2D eigenvalue weighted by molar-refractivity contribution is 9.10. The van der Waals surface area contributed by atoms with Gasteiger partial charge in [-0.2, -0.15) is 0 Å². The quantitative estimate of drug-likeness (QED) is 0.801. The fourth-order valence-electron chi connectivity index (χ4n) is 2.56. The minimum atomic E-state index is 1.10. The van der Waals surface area contributed by atoms with Gasteiger partial charge in [0.05, 0.1) is 0 Å². The van der Waals surface area contributed by atoms with Crippen LogP contribution < -0.4 is 0 Å². The van der Waals surface area contributed by atoms with Gasteiger partial charge >= 0.3 is 0 Å². The van der Waals surface area contributed by atoms with Crippen LogP contribution in [0.25, 0.3) is 10.8 Å². The lowest BCUT2D eigenvalue weighted by molar-refractivity contribution is 0.331. The average molecular weight is 290 g/mol. The molecule has 0 unspecified atom stereocenters. The van der Waals surface area contributed by atoms with Gasteiger partial charge in [-0.15, -0.1) is 0 Å². The zero-order valence-corrected chi connectivity index (χ0v) is 11.4. The third-order valence-corrected chi connectivity index (χ3v) is 3.96. The van der Waals surface area contributed by atoms with Gasteiger partial charge in [0.15, 0.2) is 0 Å². The Bertz CT molecular complexity index is 529. The molecular formula is C15H16BrN. The number of likely N-dealkylation sites (tertiary alicyclic amines) is 1. The van der Waals surface area contributed by atoms with E-state index in [0.717, 1.165) is 11.0 Å². The van der Waals surface area contributed by atoms with Crippen molar-refractivity contribution in [1.29, 1.82) is 0 Å². The molecule has 0 aromatic heterocycles. The number of benzene rings is 2. The predicted molar refractivity (Wildman–Crippen MR) is 76.2 cm³/mol. The van der Waals surface area contributed by atoms with E-state index in [-0.39, 0.29) is 0 Å². The van der Waals surface area contributed by atoms with E-state index in [1.54, 1.807) is 0 Å². The van der Waals surface area contributed by atoms with Crippen LogP contribution in [0.3, 0.4) is 0 Å². The molecule has 0 radical (unpaired) electrons. The number of fused-ring (bicyclic) bond motifs is 1. The van der Waals surface area contributed by atoms with Crippen LogP contribution >= 0.6 is 15.9 Å². The number of rotatable bonds is 2. The second-order valence-corrected chi connectivity index (χ2v) is 5.72. The minimum Gasteiger partial charge on any atom is -0.299 e. The van der Waals surface area contributed by atoms with E-state index in [1.807, 2.05) is 0 Å². The smallest absolute Gasteiger partial charge is 0.0233 e. The zero-order chi connectivity index (χ0) is 11.7. The highest BCUT2D eigenvalue weighted by Gasteiger charge is 2.11. The molecule has 0 spiro atoms. The first-order valence-corrected chi connectivity index (χ1v) is 7.01. The highest BCUT2D eigenvalue weighted by atomic mass is 79.9. The van der Waals surface area contributed by atoms with Crippen molar-refractivity contribution in [2.75, 3.05) is 13.1 Å². The van der Waals surface area contributed by atoms with E-state index < -0.39 is 0 Å². The third-order valence-electron chi connectivity index (χ3n) is 3.47. The lowest BCUT2D eigenvalue weighted by atomic mass is 10.1. The molecule has 88 valence electrons. The maximum absolute atomic E-state index is 3.51. The van der Waals surface area contributed by atoms with Crippen molar-refractivity contribution in [1.82, 2.24) is 4.90 Å². The molecule has 1 nitrogen and oxygen atoms in total. The second-order valence-electron chi connectivity index (χ2n) is 4.81.